The molecular formula is C19H21F3N4O5. The molecule has 4 rings (SSSR count). The summed E-state index contributed by atoms with van der Waals surface area (Å²) in [6.07, 6.45) is -2.22. The van der Waals surface area contributed by atoms with Crippen molar-refractivity contribution in [1.29, 1.82) is 0 Å². The number of aryl methyl sites for hydroxylation is 1. The minimum absolute atomic E-state index is 0.0658. The van der Waals surface area contributed by atoms with Crippen molar-refractivity contribution in [2.24, 2.45) is 11.8 Å². The molecule has 0 bridgehead atoms. The van der Waals surface area contributed by atoms with E-state index in [0.717, 1.165) is 42.0 Å². The molecule has 1 aliphatic heterocycles. The predicted octanol–water partition coefficient (Wildman–Crippen LogP) is 2.43. The number of alkyl halides is 3. The van der Waals surface area contributed by atoms with Crippen molar-refractivity contribution in [1.82, 2.24) is 14.8 Å². The number of aromatic nitrogens is 3. The molecular weight excluding hydrogens is 421 g/mol. The van der Waals surface area contributed by atoms with Gasteiger partial charge in [-0.1, -0.05) is 6.07 Å². The number of carboxylic acid groups (broad SMARTS) is 2. The molecule has 0 spiro atoms. The minimum atomic E-state index is -5.08. The number of carbonyl (C=O) groups is 2. The number of aromatic carboxylic acids is 1. The van der Waals surface area contributed by atoms with E-state index in [1.807, 2.05) is 13.0 Å². The predicted molar refractivity (Wildman–Crippen MR) is 101 cm³/mol. The van der Waals surface area contributed by atoms with E-state index in [2.05, 4.69) is 16.1 Å². The van der Waals surface area contributed by atoms with Gasteiger partial charge in [-0.25, -0.2) is 14.6 Å². The number of nitrogens with zero attached hydrogens (tertiary/aromatic N) is 4. The summed E-state index contributed by atoms with van der Waals surface area (Å²) < 4.78 is 38.3. The van der Waals surface area contributed by atoms with Crippen LogP contribution in [0.1, 0.15) is 28.0 Å². The third-order valence-corrected chi connectivity index (χ3v) is 5.21. The molecule has 0 radical (unpaired) electrons. The van der Waals surface area contributed by atoms with Gasteiger partial charge in [0.1, 0.15) is 11.4 Å². The zero-order chi connectivity index (χ0) is 22.9. The summed E-state index contributed by atoms with van der Waals surface area (Å²) in [5, 5.41) is 20.5. The zero-order valence-corrected chi connectivity index (χ0v) is 16.8. The van der Waals surface area contributed by atoms with Gasteiger partial charge in [0.2, 0.25) is 5.88 Å². The molecule has 2 aliphatic rings. The Kier molecular flexibility index (Phi) is 6.09. The molecule has 2 aromatic heterocycles. The lowest BCUT2D eigenvalue weighted by Crippen LogP contribution is -2.23. The van der Waals surface area contributed by atoms with Crippen LogP contribution < -0.4 is 9.64 Å². The number of ether oxygens (including phenoxy) is 1. The molecule has 31 heavy (non-hydrogen) atoms. The molecule has 1 saturated carbocycles. The first-order chi connectivity index (χ1) is 14.5. The Bertz CT molecular complexity index is 981. The number of carboxylic acids is 2. The number of pyridine rings is 1. The molecule has 0 amide bonds. The first kappa shape index (κ1) is 22.4. The van der Waals surface area contributed by atoms with E-state index >= 15 is 0 Å². The summed E-state index contributed by atoms with van der Waals surface area (Å²) in [4.78, 5) is 27.2. The smallest absolute Gasteiger partial charge is 0.479 e. The van der Waals surface area contributed by atoms with Crippen LogP contribution >= 0.6 is 0 Å². The van der Waals surface area contributed by atoms with Crippen molar-refractivity contribution in [2.45, 2.75) is 26.1 Å². The fraction of sp³-hybridized carbons (Fsp3) is 0.474. The third kappa shape index (κ3) is 5.25. The lowest BCUT2D eigenvalue weighted by molar-refractivity contribution is -0.192. The molecule has 2 N–H and O–H groups in total. The largest absolute Gasteiger partial charge is 0.490 e. The summed E-state index contributed by atoms with van der Waals surface area (Å²) in [6.45, 7) is 4.69. The van der Waals surface area contributed by atoms with E-state index in [4.69, 9.17) is 24.7 Å². The topological polar surface area (TPSA) is 118 Å². The monoisotopic (exact) mass is 442 g/mol. The highest BCUT2D eigenvalue weighted by atomic mass is 19.4. The van der Waals surface area contributed by atoms with Crippen molar-refractivity contribution >= 4 is 17.8 Å². The van der Waals surface area contributed by atoms with E-state index in [1.165, 1.54) is 19.7 Å². The maximum absolute atomic E-state index is 11.2. The van der Waals surface area contributed by atoms with Crippen molar-refractivity contribution in [3.63, 3.8) is 0 Å². The summed E-state index contributed by atoms with van der Waals surface area (Å²) in [6, 6.07) is 4.10. The normalized spacial score (nSPS) is 19.3. The zero-order valence-electron chi connectivity index (χ0n) is 16.8. The van der Waals surface area contributed by atoms with Gasteiger partial charge in [0, 0.05) is 25.0 Å². The highest BCUT2D eigenvalue weighted by Crippen LogP contribution is 2.45. The summed E-state index contributed by atoms with van der Waals surface area (Å²) >= 11 is 0. The van der Waals surface area contributed by atoms with Crippen LogP contribution in [0.5, 0.6) is 5.88 Å². The first-order valence-corrected chi connectivity index (χ1v) is 9.36. The average Bonchev–Trinajstić information content (AvgIpc) is 3.11. The van der Waals surface area contributed by atoms with Gasteiger partial charge in [0.15, 0.2) is 0 Å². The van der Waals surface area contributed by atoms with Gasteiger partial charge in [-0.15, -0.1) is 5.10 Å². The number of aliphatic carboxylic acids is 1. The number of rotatable bonds is 5. The molecule has 2 atom stereocenters. The van der Waals surface area contributed by atoms with Gasteiger partial charge in [0.25, 0.3) is 0 Å². The number of fused-ring (bicyclic) bond motifs is 1. The van der Waals surface area contributed by atoms with Crippen molar-refractivity contribution < 1.29 is 37.7 Å². The number of methoxy groups -OCH3 is 1. The highest BCUT2D eigenvalue weighted by molar-refractivity contribution is 5.89. The van der Waals surface area contributed by atoms with Crippen LogP contribution in [-0.4, -0.2) is 63.3 Å². The average molecular weight is 442 g/mol. The highest BCUT2D eigenvalue weighted by Gasteiger charge is 2.45. The lowest BCUT2D eigenvalue weighted by atomic mass is 10.2. The molecule has 2 aromatic rings. The van der Waals surface area contributed by atoms with Gasteiger partial charge in [0.05, 0.1) is 13.7 Å². The van der Waals surface area contributed by atoms with Crippen LogP contribution in [-0.2, 0) is 11.3 Å². The molecule has 3 heterocycles. The Morgan fingerprint density at radius 1 is 1.23 bits per heavy atom. The quantitative estimate of drug-likeness (QED) is 0.725. The van der Waals surface area contributed by atoms with Gasteiger partial charge in [-0.05, 0) is 36.8 Å². The molecule has 0 aromatic carbocycles. The fourth-order valence-corrected chi connectivity index (χ4v) is 3.46. The van der Waals surface area contributed by atoms with E-state index < -0.39 is 18.1 Å². The van der Waals surface area contributed by atoms with Crippen LogP contribution in [0.2, 0.25) is 0 Å². The summed E-state index contributed by atoms with van der Waals surface area (Å²) in [5.74, 6) is -0.896. The molecule has 2 unspecified atom stereocenters. The van der Waals surface area contributed by atoms with Crippen LogP contribution in [0, 0.1) is 18.8 Å². The lowest BCUT2D eigenvalue weighted by Gasteiger charge is -2.20. The van der Waals surface area contributed by atoms with Gasteiger partial charge < -0.3 is 19.8 Å². The third-order valence-electron chi connectivity index (χ3n) is 5.21. The molecule has 2 fully saturated rings. The van der Waals surface area contributed by atoms with E-state index in [1.54, 1.807) is 4.68 Å². The molecule has 9 nitrogen and oxygen atoms in total. The van der Waals surface area contributed by atoms with Gasteiger partial charge >= 0.3 is 18.1 Å². The van der Waals surface area contributed by atoms with Crippen LogP contribution in [0.25, 0.3) is 0 Å². The van der Waals surface area contributed by atoms with Gasteiger partial charge in [-0.2, -0.15) is 13.2 Å². The molecule has 1 aliphatic carbocycles. The van der Waals surface area contributed by atoms with E-state index in [9.17, 15) is 18.0 Å². The molecule has 168 valence electrons. The standard InChI is InChI=1S/C17H20N4O3.C2HF3O2/c1-10-11(8-21-9-14(17(22)23)16(19-21)24-2)3-4-15(18-10)20-6-12-5-13(12)7-20;3-2(4,5)1(6)7/h3-4,9,12-13H,5-8H2,1-2H3,(H,22,23);(H,6,7). The maximum atomic E-state index is 11.2. The number of halogens is 3. The molecule has 12 heteroatoms. The second-order valence-electron chi connectivity index (χ2n) is 7.43. The van der Waals surface area contributed by atoms with Gasteiger partial charge in [-0.3, -0.25) is 4.68 Å². The summed E-state index contributed by atoms with van der Waals surface area (Å²) in [7, 11) is 1.42. The SMILES string of the molecule is COc1nn(Cc2ccc(N3CC4CC4C3)nc2C)cc1C(=O)O.O=C(O)C(F)(F)F. The van der Waals surface area contributed by atoms with Crippen LogP contribution in [0.4, 0.5) is 19.0 Å². The second-order valence-corrected chi connectivity index (χ2v) is 7.43. The Balaban J connectivity index is 0.000000339. The fourth-order valence-electron chi connectivity index (χ4n) is 3.46. The van der Waals surface area contributed by atoms with Crippen LogP contribution in [0.15, 0.2) is 18.3 Å². The summed E-state index contributed by atoms with van der Waals surface area (Å²) in [5.41, 5.74) is 2.03. The minimum Gasteiger partial charge on any atom is -0.479 e. The first-order valence-electron chi connectivity index (χ1n) is 9.36. The molecule has 1 saturated heterocycles. The second kappa shape index (κ2) is 8.44. The van der Waals surface area contributed by atoms with E-state index in [-0.39, 0.29) is 11.4 Å². The van der Waals surface area contributed by atoms with E-state index in [0.29, 0.717) is 6.54 Å². The number of hydrogen-bond acceptors (Lipinski definition) is 6. The Morgan fingerprint density at radius 3 is 2.29 bits per heavy atom. The van der Waals surface area contributed by atoms with Crippen molar-refractivity contribution in [3.8, 4) is 5.88 Å². The number of anilines is 1. The van der Waals surface area contributed by atoms with Crippen molar-refractivity contribution in [3.05, 3.63) is 35.2 Å². The number of hydrogen-bond donors (Lipinski definition) is 2. The Hall–Kier alpha value is -3.31. The number of piperidine rings is 1. The van der Waals surface area contributed by atoms with Crippen LogP contribution in [0.3, 0.4) is 0 Å². The maximum Gasteiger partial charge on any atom is 0.490 e. The van der Waals surface area contributed by atoms with Crippen molar-refractivity contribution in [2.75, 3.05) is 25.1 Å². The Labute approximate surface area is 175 Å². The Morgan fingerprint density at radius 2 is 1.84 bits per heavy atom.